The van der Waals surface area contributed by atoms with Crippen LogP contribution in [0.3, 0.4) is 0 Å². The summed E-state index contributed by atoms with van der Waals surface area (Å²) in [5, 5.41) is 0. The molecule has 0 saturated heterocycles. The summed E-state index contributed by atoms with van der Waals surface area (Å²) in [6, 6.07) is 0. The Balaban J connectivity index is 0.00000121. The van der Waals surface area contributed by atoms with Gasteiger partial charge in [0.1, 0.15) is 0 Å². The average Bonchev–Trinajstić information content (AvgIpc) is 2.33. The van der Waals surface area contributed by atoms with Gasteiger partial charge in [0.05, 0.1) is 0 Å². The first-order chi connectivity index (χ1) is 5.00. The summed E-state index contributed by atoms with van der Waals surface area (Å²) in [6.07, 6.45) is 2.36. The largest absolute Gasteiger partial charge is 0.330 e. The second-order valence-electron chi connectivity index (χ2n) is 4.43. The summed E-state index contributed by atoms with van der Waals surface area (Å²) < 4.78 is 0. The molecule has 0 amide bonds. The predicted molar refractivity (Wildman–Crippen MR) is 56.5 cm³/mol. The number of hydrogen-bond donors (Lipinski definition) is 1. The van der Waals surface area contributed by atoms with Crippen LogP contribution in [0.5, 0.6) is 0 Å². The molecule has 1 nitrogen and oxygen atoms in total. The summed E-state index contributed by atoms with van der Waals surface area (Å²) in [4.78, 5) is 0. The van der Waals surface area contributed by atoms with Gasteiger partial charge >= 0.3 is 0 Å². The maximum Gasteiger partial charge on any atom is -0.00377 e. The fraction of sp³-hybridized carbons (Fsp3) is 0.800. The molecule has 12 heavy (non-hydrogen) atoms. The van der Waals surface area contributed by atoms with E-state index in [1.807, 2.05) is 0 Å². The topological polar surface area (TPSA) is 26.0 Å². The first kappa shape index (κ1) is 12.0. The van der Waals surface area contributed by atoms with Crippen LogP contribution in [0.25, 0.3) is 0 Å². The van der Waals surface area contributed by atoms with Gasteiger partial charge in [0.15, 0.2) is 0 Å². The van der Waals surface area contributed by atoms with Crippen LogP contribution >= 0.6 is 12.4 Å². The molecular weight excluding hydrogens is 170 g/mol. The molecule has 0 spiro atoms. The summed E-state index contributed by atoms with van der Waals surface area (Å²) in [7, 11) is 0. The van der Waals surface area contributed by atoms with Gasteiger partial charge in [0.25, 0.3) is 0 Å². The molecule has 2 atom stereocenters. The molecule has 0 aromatic heterocycles. The number of allylic oxidation sites excluding steroid dienone is 2. The highest BCUT2D eigenvalue weighted by atomic mass is 35.5. The van der Waals surface area contributed by atoms with Gasteiger partial charge in [-0.1, -0.05) is 25.5 Å². The van der Waals surface area contributed by atoms with Gasteiger partial charge in [-0.2, -0.15) is 0 Å². The lowest BCUT2D eigenvalue weighted by Crippen LogP contribution is -2.05. The summed E-state index contributed by atoms with van der Waals surface area (Å²) >= 11 is 0. The van der Waals surface area contributed by atoms with E-state index in [1.54, 1.807) is 0 Å². The highest BCUT2D eigenvalue weighted by Crippen LogP contribution is 2.58. The van der Waals surface area contributed by atoms with Crippen molar-refractivity contribution in [3.63, 3.8) is 0 Å². The standard InChI is InChI=1S/C10H19N.ClH/c1-7(2)5-8-9(6-11)10(8,3)4;/h5,8-9H,6,11H2,1-4H3;1H. The Morgan fingerprint density at radius 2 is 1.92 bits per heavy atom. The second-order valence-corrected chi connectivity index (χ2v) is 4.43. The van der Waals surface area contributed by atoms with Crippen molar-refractivity contribution in [2.24, 2.45) is 23.0 Å². The zero-order valence-corrected chi connectivity index (χ0v) is 9.24. The lowest BCUT2D eigenvalue weighted by Gasteiger charge is -1.97. The number of nitrogens with two attached hydrogens (primary N) is 1. The lowest BCUT2D eigenvalue weighted by atomic mass is 10.1. The number of hydrogen-bond acceptors (Lipinski definition) is 1. The highest BCUT2D eigenvalue weighted by molar-refractivity contribution is 5.85. The first-order valence-corrected chi connectivity index (χ1v) is 4.35. The molecule has 0 aromatic rings. The second kappa shape index (κ2) is 3.80. The van der Waals surface area contributed by atoms with Crippen molar-refractivity contribution < 1.29 is 0 Å². The molecule has 1 saturated carbocycles. The monoisotopic (exact) mass is 189 g/mol. The third-order valence-corrected chi connectivity index (χ3v) is 2.91. The smallest absolute Gasteiger partial charge is 0.00377 e. The Morgan fingerprint density at radius 3 is 2.17 bits per heavy atom. The van der Waals surface area contributed by atoms with E-state index in [9.17, 15) is 0 Å². The van der Waals surface area contributed by atoms with Gasteiger partial charge in [-0.15, -0.1) is 12.4 Å². The zero-order valence-electron chi connectivity index (χ0n) is 8.42. The minimum atomic E-state index is 0. The highest BCUT2D eigenvalue weighted by Gasteiger charge is 2.54. The molecule has 1 aliphatic rings. The molecule has 0 heterocycles. The quantitative estimate of drug-likeness (QED) is 0.665. The Kier molecular flexibility index (Phi) is 3.80. The fourth-order valence-corrected chi connectivity index (χ4v) is 1.93. The predicted octanol–water partition coefficient (Wildman–Crippen LogP) is 2.61. The molecule has 72 valence electrons. The van der Waals surface area contributed by atoms with E-state index in [2.05, 4.69) is 33.8 Å². The maximum absolute atomic E-state index is 5.65. The molecule has 1 fully saturated rings. The molecule has 1 aliphatic carbocycles. The Labute approximate surface area is 81.8 Å². The molecule has 2 N–H and O–H groups in total. The van der Waals surface area contributed by atoms with E-state index in [0.29, 0.717) is 5.41 Å². The molecule has 1 rings (SSSR count). The van der Waals surface area contributed by atoms with Gasteiger partial charge < -0.3 is 5.73 Å². The Bertz CT molecular complexity index is 180. The van der Waals surface area contributed by atoms with Crippen LogP contribution in [0, 0.1) is 17.3 Å². The van der Waals surface area contributed by atoms with Crippen molar-refractivity contribution in [3.8, 4) is 0 Å². The van der Waals surface area contributed by atoms with Crippen molar-refractivity contribution in [1.82, 2.24) is 0 Å². The van der Waals surface area contributed by atoms with Crippen molar-refractivity contribution in [2.45, 2.75) is 27.7 Å². The molecule has 0 aliphatic heterocycles. The van der Waals surface area contributed by atoms with Crippen molar-refractivity contribution in [3.05, 3.63) is 11.6 Å². The van der Waals surface area contributed by atoms with E-state index < -0.39 is 0 Å². The summed E-state index contributed by atoms with van der Waals surface area (Å²) in [5.74, 6) is 1.45. The van der Waals surface area contributed by atoms with Crippen molar-refractivity contribution >= 4 is 12.4 Å². The van der Waals surface area contributed by atoms with Crippen LogP contribution in [-0.4, -0.2) is 6.54 Å². The van der Waals surface area contributed by atoms with E-state index in [4.69, 9.17) is 5.73 Å². The van der Waals surface area contributed by atoms with Crippen LogP contribution in [0.2, 0.25) is 0 Å². The lowest BCUT2D eigenvalue weighted by molar-refractivity contribution is 0.555. The van der Waals surface area contributed by atoms with Gasteiger partial charge in [0.2, 0.25) is 0 Å². The molecule has 0 bridgehead atoms. The van der Waals surface area contributed by atoms with Gasteiger partial charge in [-0.3, -0.25) is 0 Å². The van der Waals surface area contributed by atoms with Crippen LogP contribution in [-0.2, 0) is 0 Å². The van der Waals surface area contributed by atoms with Crippen LogP contribution in [0.1, 0.15) is 27.7 Å². The average molecular weight is 190 g/mol. The van der Waals surface area contributed by atoms with E-state index >= 15 is 0 Å². The summed E-state index contributed by atoms with van der Waals surface area (Å²) in [6.45, 7) is 9.74. The van der Waals surface area contributed by atoms with Gasteiger partial charge in [0, 0.05) is 0 Å². The third-order valence-electron chi connectivity index (χ3n) is 2.91. The van der Waals surface area contributed by atoms with Crippen LogP contribution < -0.4 is 5.73 Å². The Hall–Kier alpha value is -0.0100. The normalized spacial score (nSPS) is 30.4. The number of rotatable bonds is 2. The van der Waals surface area contributed by atoms with E-state index in [1.165, 1.54) is 5.57 Å². The minimum Gasteiger partial charge on any atom is -0.330 e. The molecule has 0 aromatic carbocycles. The number of halogens is 1. The molecule has 2 heteroatoms. The van der Waals surface area contributed by atoms with E-state index in [0.717, 1.165) is 18.4 Å². The minimum absolute atomic E-state index is 0. The van der Waals surface area contributed by atoms with Crippen LogP contribution in [0.15, 0.2) is 11.6 Å². The van der Waals surface area contributed by atoms with Gasteiger partial charge in [-0.05, 0) is 37.6 Å². The molecular formula is C10H20ClN. The zero-order chi connectivity index (χ0) is 8.65. The first-order valence-electron chi connectivity index (χ1n) is 4.35. The van der Waals surface area contributed by atoms with E-state index in [-0.39, 0.29) is 12.4 Å². The summed E-state index contributed by atoms with van der Waals surface area (Å²) in [5.41, 5.74) is 7.53. The van der Waals surface area contributed by atoms with Crippen LogP contribution in [0.4, 0.5) is 0 Å². The van der Waals surface area contributed by atoms with Crippen molar-refractivity contribution in [2.75, 3.05) is 6.54 Å². The molecule has 2 unspecified atom stereocenters. The van der Waals surface area contributed by atoms with Gasteiger partial charge in [-0.25, -0.2) is 0 Å². The molecule has 0 radical (unpaired) electrons. The van der Waals surface area contributed by atoms with Crippen molar-refractivity contribution in [1.29, 1.82) is 0 Å². The fourth-order valence-electron chi connectivity index (χ4n) is 1.93. The third kappa shape index (κ3) is 2.02. The maximum atomic E-state index is 5.65. The Morgan fingerprint density at radius 1 is 1.42 bits per heavy atom. The SMILES string of the molecule is CC(C)=CC1C(CN)C1(C)C.Cl.